The van der Waals surface area contributed by atoms with E-state index in [0.29, 0.717) is 0 Å². The van der Waals surface area contributed by atoms with Crippen LogP contribution in [-0.2, 0) is 0 Å². The van der Waals surface area contributed by atoms with Gasteiger partial charge in [-0.15, -0.1) is 67.9 Å². The van der Waals surface area contributed by atoms with Crippen LogP contribution in [0.15, 0.2) is 0 Å². The topological polar surface area (TPSA) is 0 Å². The van der Waals surface area contributed by atoms with Crippen molar-refractivity contribution < 1.29 is 0 Å². The van der Waals surface area contributed by atoms with E-state index in [2.05, 4.69) is 0 Å². The Morgan fingerprint density at radius 2 is 0.400 bits per heavy atom. The molecule has 2 radical (unpaired) electrons. The van der Waals surface area contributed by atoms with E-state index in [1.165, 1.54) is 0 Å². The summed E-state index contributed by atoms with van der Waals surface area (Å²) in [7, 11) is 0. The van der Waals surface area contributed by atoms with E-state index in [1.807, 2.05) is 0 Å². The van der Waals surface area contributed by atoms with Gasteiger partial charge in [-0.3, -0.25) is 0 Å². The number of hydrogen-bond acceptors (Lipinski definition) is 0. The molecule has 0 heterocycles. The van der Waals surface area contributed by atoms with Crippen LogP contribution >= 0.6 is 67.9 Å². The Morgan fingerprint density at radius 1 is 0.400 bits per heavy atom. The standard InChI is InChI=1S/4BrH.Se/h4*1H;. The third-order valence-electron chi connectivity index (χ3n) is 0. The van der Waals surface area contributed by atoms with Gasteiger partial charge in [0.05, 0.1) is 0 Å². The first-order valence-corrected chi connectivity index (χ1v) is 0. The average molecular weight is 403 g/mol. The molecule has 0 atom stereocenters. The van der Waals surface area contributed by atoms with E-state index in [1.54, 1.807) is 0 Å². The SMILES string of the molecule is Br.Br.Br.Br.[Se]. The van der Waals surface area contributed by atoms with Gasteiger partial charge in [0.15, 0.2) is 0 Å². The van der Waals surface area contributed by atoms with Crippen LogP contribution in [0.4, 0.5) is 0 Å². The van der Waals surface area contributed by atoms with E-state index >= 15 is 0 Å². The van der Waals surface area contributed by atoms with Gasteiger partial charge in [-0.25, -0.2) is 0 Å². The van der Waals surface area contributed by atoms with Gasteiger partial charge < -0.3 is 0 Å². The molecule has 38 valence electrons. The molecule has 0 unspecified atom stereocenters. The molecule has 0 rings (SSSR count). The van der Waals surface area contributed by atoms with Crippen molar-refractivity contribution in [2.45, 2.75) is 0 Å². The molecular formula is H4Br4Se. The van der Waals surface area contributed by atoms with Crippen LogP contribution in [0.5, 0.6) is 0 Å². The summed E-state index contributed by atoms with van der Waals surface area (Å²) in [6.45, 7) is 0. The minimum Gasteiger partial charge on any atom is -0.114 e. The van der Waals surface area contributed by atoms with Gasteiger partial charge in [-0.1, -0.05) is 0 Å². The minimum absolute atomic E-state index is 0. The van der Waals surface area contributed by atoms with Gasteiger partial charge in [0.2, 0.25) is 0 Å². The fraction of sp³-hybridized carbons (Fsp3) is 0. The summed E-state index contributed by atoms with van der Waals surface area (Å²) in [5.41, 5.74) is 0. The Labute approximate surface area is 84.0 Å². The van der Waals surface area contributed by atoms with Crippen LogP contribution in [-0.4, -0.2) is 17.1 Å². The van der Waals surface area contributed by atoms with Crippen molar-refractivity contribution >= 4 is 85.0 Å². The van der Waals surface area contributed by atoms with Crippen molar-refractivity contribution in [3.8, 4) is 0 Å². The summed E-state index contributed by atoms with van der Waals surface area (Å²) in [5.74, 6) is 0. The molecule has 0 aromatic rings. The van der Waals surface area contributed by atoms with Crippen molar-refractivity contribution in [2.24, 2.45) is 0 Å². The van der Waals surface area contributed by atoms with Gasteiger partial charge in [-0.05, 0) is 0 Å². The minimum atomic E-state index is 0. The monoisotopic (exact) mass is 400 g/mol. The second kappa shape index (κ2) is 32.0. The van der Waals surface area contributed by atoms with Crippen molar-refractivity contribution in [1.29, 1.82) is 0 Å². The molecule has 0 aliphatic rings. The van der Waals surface area contributed by atoms with Crippen molar-refractivity contribution in [2.75, 3.05) is 0 Å². The smallest absolute Gasteiger partial charge is 0 e. The van der Waals surface area contributed by atoms with Gasteiger partial charge in [-0.2, -0.15) is 0 Å². The number of rotatable bonds is 0. The molecule has 5 heavy (non-hydrogen) atoms. The first kappa shape index (κ1) is 51.8. The molecule has 0 nitrogen and oxygen atoms in total. The van der Waals surface area contributed by atoms with Crippen LogP contribution in [0.1, 0.15) is 0 Å². The summed E-state index contributed by atoms with van der Waals surface area (Å²) in [6, 6.07) is 0. The van der Waals surface area contributed by atoms with E-state index in [4.69, 9.17) is 0 Å². The third kappa shape index (κ3) is 21.3. The maximum absolute atomic E-state index is 0. The quantitative estimate of drug-likeness (QED) is 0.543. The molecule has 0 bridgehead atoms. The first-order valence-electron chi connectivity index (χ1n) is 0. The molecule has 0 saturated heterocycles. The van der Waals surface area contributed by atoms with Crippen molar-refractivity contribution in [3.05, 3.63) is 0 Å². The fourth-order valence-corrected chi connectivity index (χ4v) is 0. The maximum Gasteiger partial charge on any atom is 0 e. The normalized spacial score (nSPS) is 0. The van der Waals surface area contributed by atoms with Crippen LogP contribution in [0.2, 0.25) is 0 Å². The van der Waals surface area contributed by atoms with Gasteiger partial charge in [0.1, 0.15) is 0 Å². The first-order chi connectivity index (χ1) is 0. The zero-order valence-corrected chi connectivity index (χ0v) is 10.6. The molecule has 0 aromatic carbocycles. The van der Waals surface area contributed by atoms with Crippen LogP contribution in [0, 0.1) is 0 Å². The predicted molar refractivity (Wildman–Crippen MR) is 47.0 cm³/mol. The predicted octanol–water partition coefficient (Wildman–Crippen LogP) is 1.93. The Kier molecular flexibility index (Phi) is 332. The van der Waals surface area contributed by atoms with Crippen LogP contribution < -0.4 is 0 Å². The zero-order chi connectivity index (χ0) is 0. The van der Waals surface area contributed by atoms with E-state index in [9.17, 15) is 0 Å². The van der Waals surface area contributed by atoms with Gasteiger partial charge in [0.25, 0.3) is 0 Å². The summed E-state index contributed by atoms with van der Waals surface area (Å²) < 4.78 is 0. The molecule has 0 spiro atoms. The molecule has 0 aliphatic heterocycles. The molecule has 0 amide bonds. The Balaban J connectivity index is 0. The third-order valence-corrected chi connectivity index (χ3v) is 0. The number of hydrogen-bond donors (Lipinski definition) is 0. The van der Waals surface area contributed by atoms with Crippen LogP contribution in [0.3, 0.4) is 0 Å². The maximum atomic E-state index is 0. The molecule has 0 aromatic heterocycles. The molecular weight excluding hydrogens is 399 g/mol. The molecule has 5 heteroatoms. The number of halogens is 4. The Bertz CT molecular complexity index is 3.61. The summed E-state index contributed by atoms with van der Waals surface area (Å²) in [4.78, 5) is 0. The van der Waals surface area contributed by atoms with Crippen molar-refractivity contribution in [1.82, 2.24) is 0 Å². The van der Waals surface area contributed by atoms with Gasteiger partial charge in [0, 0.05) is 17.1 Å². The molecule has 0 saturated carbocycles. The van der Waals surface area contributed by atoms with Crippen molar-refractivity contribution in [3.63, 3.8) is 0 Å². The molecule has 0 aliphatic carbocycles. The Morgan fingerprint density at radius 3 is 0.400 bits per heavy atom. The summed E-state index contributed by atoms with van der Waals surface area (Å²) in [6.07, 6.45) is 0. The summed E-state index contributed by atoms with van der Waals surface area (Å²) in [5, 5.41) is 0. The second-order valence-corrected chi connectivity index (χ2v) is 0. The molecule has 0 fully saturated rings. The fourth-order valence-electron chi connectivity index (χ4n) is 0. The summed E-state index contributed by atoms with van der Waals surface area (Å²) >= 11 is 0. The zero-order valence-electron chi connectivity index (χ0n) is 2.04. The van der Waals surface area contributed by atoms with E-state index < -0.39 is 0 Å². The second-order valence-electron chi connectivity index (χ2n) is 0. The largest absolute Gasteiger partial charge is 0.114 e. The molecule has 0 N–H and O–H groups in total. The van der Waals surface area contributed by atoms with E-state index in [-0.39, 0.29) is 85.0 Å². The van der Waals surface area contributed by atoms with Gasteiger partial charge >= 0.3 is 0 Å². The average Bonchev–Trinajstić information content (AvgIpc) is 0. The van der Waals surface area contributed by atoms with Crippen LogP contribution in [0.25, 0.3) is 0 Å². The Hall–Kier alpha value is 2.44. The van der Waals surface area contributed by atoms with E-state index in [0.717, 1.165) is 0 Å².